The van der Waals surface area contributed by atoms with Gasteiger partial charge in [-0.25, -0.2) is 4.39 Å². The predicted octanol–water partition coefficient (Wildman–Crippen LogP) is 3.74. The number of hydrogen-bond acceptors (Lipinski definition) is 3. The van der Waals surface area contributed by atoms with Gasteiger partial charge in [0.25, 0.3) is 0 Å². The standard InChI is InChI=1S/C17H15FO3/c1-20-16-9-5-6-12(17(16)21-2)10-11-15(19)13-7-3-4-8-14(13)18/h3-11H,1-2H3/b11-10+. The molecule has 0 saturated carbocycles. The van der Waals surface area contributed by atoms with E-state index in [1.807, 2.05) is 0 Å². The predicted molar refractivity (Wildman–Crippen MR) is 79.3 cm³/mol. The molecule has 0 aliphatic carbocycles. The van der Waals surface area contributed by atoms with E-state index in [0.29, 0.717) is 17.1 Å². The molecule has 2 rings (SSSR count). The van der Waals surface area contributed by atoms with Crippen LogP contribution in [0.1, 0.15) is 15.9 Å². The Balaban J connectivity index is 2.30. The second kappa shape index (κ2) is 6.70. The average molecular weight is 286 g/mol. The summed E-state index contributed by atoms with van der Waals surface area (Å²) >= 11 is 0. The first-order valence-electron chi connectivity index (χ1n) is 6.35. The van der Waals surface area contributed by atoms with E-state index in [9.17, 15) is 9.18 Å². The summed E-state index contributed by atoms with van der Waals surface area (Å²) in [6.07, 6.45) is 2.89. The van der Waals surface area contributed by atoms with Gasteiger partial charge in [-0.3, -0.25) is 4.79 Å². The van der Waals surface area contributed by atoms with E-state index in [2.05, 4.69) is 0 Å². The van der Waals surface area contributed by atoms with Crippen LogP contribution in [0.4, 0.5) is 4.39 Å². The third-order valence-corrected chi connectivity index (χ3v) is 2.99. The summed E-state index contributed by atoms with van der Waals surface area (Å²) < 4.78 is 24.0. The highest BCUT2D eigenvalue weighted by Gasteiger charge is 2.10. The minimum Gasteiger partial charge on any atom is -0.493 e. The summed E-state index contributed by atoms with van der Waals surface area (Å²) in [5.41, 5.74) is 0.720. The number of ether oxygens (including phenoxy) is 2. The zero-order chi connectivity index (χ0) is 15.2. The SMILES string of the molecule is COc1cccc(/C=C/C(=O)c2ccccc2F)c1OC. The van der Waals surface area contributed by atoms with Gasteiger partial charge in [0.1, 0.15) is 5.82 Å². The van der Waals surface area contributed by atoms with E-state index in [4.69, 9.17) is 9.47 Å². The number of benzene rings is 2. The molecule has 0 N–H and O–H groups in total. The molecule has 0 aromatic heterocycles. The fourth-order valence-electron chi connectivity index (χ4n) is 1.96. The van der Waals surface area contributed by atoms with E-state index in [1.54, 1.807) is 36.4 Å². The molecule has 0 amide bonds. The molecular weight excluding hydrogens is 271 g/mol. The van der Waals surface area contributed by atoms with Crippen LogP contribution < -0.4 is 9.47 Å². The van der Waals surface area contributed by atoms with Gasteiger partial charge in [-0.2, -0.15) is 0 Å². The van der Waals surface area contributed by atoms with Crippen molar-refractivity contribution in [2.24, 2.45) is 0 Å². The Labute approximate surface area is 122 Å². The molecule has 0 spiro atoms. The van der Waals surface area contributed by atoms with Gasteiger partial charge in [-0.15, -0.1) is 0 Å². The number of hydrogen-bond donors (Lipinski definition) is 0. The van der Waals surface area contributed by atoms with Crippen molar-refractivity contribution in [1.29, 1.82) is 0 Å². The molecule has 0 saturated heterocycles. The molecular formula is C17H15FO3. The smallest absolute Gasteiger partial charge is 0.188 e. The molecule has 21 heavy (non-hydrogen) atoms. The summed E-state index contributed by atoms with van der Waals surface area (Å²) in [4.78, 5) is 12.0. The van der Waals surface area contributed by atoms with Gasteiger partial charge in [0.2, 0.25) is 0 Å². The maximum Gasteiger partial charge on any atom is 0.188 e. The Morgan fingerprint density at radius 2 is 1.81 bits per heavy atom. The van der Waals surface area contributed by atoms with Crippen LogP contribution in [-0.4, -0.2) is 20.0 Å². The van der Waals surface area contributed by atoms with Crippen molar-refractivity contribution in [3.05, 3.63) is 65.5 Å². The Bertz CT molecular complexity index is 677. The number of para-hydroxylation sites is 1. The second-order valence-corrected chi connectivity index (χ2v) is 4.26. The molecule has 0 aliphatic rings. The molecule has 3 nitrogen and oxygen atoms in total. The third kappa shape index (κ3) is 3.28. The molecule has 0 bridgehead atoms. The monoisotopic (exact) mass is 286 g/mol. The van der Waals surface area contributed by atoms with Gasteiger partial charge in [0, 0.05) is 5.56 Å². The molecule has 0 aliphatic heterocycles. The van der Waals surface area contributed by atoms with E-state index in [1.165, 1.54) is 32.4 Å². The van der Waals surface area contributed by atoms with Gasteiger partial charge >= 0.3 is 0 Å². The first-order valence-corrected chi connectivity index (χ1v) is 6.35. The molecule has 2 aromatic rings. The highest BCUT2D eigenvalue weighted by atomic mass is 19.1. The fourth-order valence-corrected chi connectivity index (χ4v) is 1.96. The largest absolute Gasteiger partial charge is 0.493 e. The lowest BCUT2D eigenvalue weighted by molar-refractivity contribution is 0.104. The van der Waals surface area contributed by atoms with Gasteiger partial charge < -0.3 is 9.47 Å². The van der Waals surface area contributed by atoms with Crippen molar-refractivity contribution in [3.63, 3.8) is 0 Å². The first kappa shape index (κ1) is 14.8. The highest BCUT2D eigenvalue weighted by molar-refractivity contribution is 6.07. The maximum atomic E-state index is 13.5. The second-order valence-electron chi connectivity index (χ2n) is 4.26. The zero-order valence-electron chi connectivity index (χ0n) is 11.8. The van der Waals surface area contributed by atoms with E-state index in [0.717, 1.165) is 0 Å². The normalized spacial score (nSPS) is 10.6. The lowest BCUT2D eigenvalue weighted by Gasteiger charge is -2.09. The van der Waals surface area contributed by atoms with Gasteiger partial charge in [0.05, 0.1) is 19.8 Å². The van der Waals surface area contributed by atoms with E-state index in [-0.39, 0.29) is 5.56 Å². The molecule has 0 radical (unpaired) electrons. The lowest BCUT2D eigenvalue weighted by Crippen LogP contribution is -1.98. The van der Waals surface area contributed by atoms with Crippen LogP contribution in [0.15, 0.2) is 48.5 Å². The summed E-state index contributed by atoms with van der Waals surface area (Å²) in [5, 5.41) is 0. The number of rotatable bonds is 5. The Hall–Kier alpha value is -2.62. The number of carbonyl (C=O) groups is 1. The molecule has 108 valence electrons. The van der Waals surface area contributed by atoms with Crippen molar-refractivity contribution < 1.29 is 18.7 Å². The molecule has 0 unspecified atom stereocenters. The molecule has 0 fully saturated rings. The van der Waals surface area contributed by atoms with E-state index < -0.39 is 11.6 Å². The van der Waals surface area contributed by atoms with Gasteiger partial charge in [-0.1, -0.05) is 24.3 Å². The fraction of sp³-hybridized carbons (Fsp3) is 0.118. The number of methoxy groups -OCH3 is 2. The third-order valence-electron chi connectivity index (χ3n) is 2.99. The summed E-state index contributed by atoms with van der Waals surface area (Å²) in [6, 6.07) is 11.2. The maximum absolute atomic E-state index is 13.5. The van der Waals surface area contributed by atoms with Crippen LogP contribution in [0.3, 0.4) is 0 Å². The molecule has 0 atom stereocenters. The van der Waals surface area contributed by atoms with Gasteiger partial charge in [0.15, 0.2) is 17.3 Å². The summed E-state index contributed by atoms with van der Waals surface area (Å²) in [7, 11) is 3.06. The van der Waals surface area contributed by atoms with Gasteiger partial charge in [-0.05, 0) is 30.4 Å². The van der Waals surface area contributed by atoms with Crippen LogP contribution in [-0.2, 0) is 0 Å². The summed E-state index contributed by atoms with van der Waals surface area (Å²) in [6.45, 7) is 0. The Kier molecular flexibility index (Phi) is 4.72. The highest BCUT2D eigenvalue weighted by Crippen LogP contribution is 2.31. The van der Waals surface area contributed by atoms with Crippen LogP contribution in [0.25, 0.3) is 6.08 Å². The number of carbonyl (C=O) groups excluding carboxylic acids is 1. The van der Waals surface area contributed by atoms with Crippen LogP contribution in [0.2, 0.25) is 0 Å². The Morgan fingerprint density at radius 1 is 1.05 bits per heavy atom. The zero-order valence-corrected chi connectivity index (χ0v) is 11.8. The van der Waals surface area contributed by atoms with Crippen molar-refractivity contribution in [2.45, 2.75) is 0 Å². The average Bonchev–Trinajstić information content (AvgIpc) is 2.52. The minimum atomic E-state index is -0.537. The Morgan fingerprint density at radius 3 is 2.48 bits per heavy atom. The number of halogens is 1. The van der Waals surface area contributed by atoms with Crippen LogP contribution >= 0.6 is 0 Å². The minimum absolute atomic E-state index is 0.0376. The van der Waals surface area contributed by atoms with Crippen molar-refractivity contribution >= 4 is 11.9 Å². The van der Waals surface area contributed by atoms with Crippen molar-refractivity contribution in [2.75, 3.05) is 14.2 Å². The number of ketones is 1. The lowest BCUT2D eigenvalue weighted by atomic mass is 10.1. The quantitative estimate of drug-likeness (QED) is 0.620. The molecule has 4 heteroatoms. The summed E-state index contributed by atoms with van der Waals surface area (Å²) in [5.74, 6) is 0.151. The van der Waals surface area contributed by atoms with Crippen molar-refractivity contribution in [3.8, 4) is 11.5 Å². The van der Waals surface area contributed by atoms with E-state index >= 15 is 0 Å². The topological polar surface area (TPSA) is 35.5 Å². The van der Waals surface area contributed by atoms with Crippen LogP contribution in [0.5, 0.6) is 11.5 Å². The molecule has 0 heterocycles. The van der Waals surface area contributed by atoms with Crippen LogP contribution in [0, 0.1) is 5.82 Å². The number of allylic oxidation sites excluding steroid dienone is 1. The van der Waals surface area contributed by atoms with Crippen molar-refractivity contribution in [1.82, 2.24) is 0 Å². The first-order chi connectivity index (χ1) is 10.2. The molecule has 2 aromatic carbocycles.